The van der Waals surface area contributed by atoms with Crippen LogP contribution in [-0.4, -0.2) is 51.9 Å². The van der Waals surface area contributed by atoms with Crippen LogP contribution in [-0.2, 0) is 16.5 Å². The van der Waals surface area contributed by atoms with Gasteiger partial charge in [0, 0.05) is 31.1 Å². The number of hydrogen-bond acceptors (Lipinski definition) is 6. The molecular weight excluding hydrogens is 374 g/mol. The average molecular weight is 397 g/mol. The molecule has 2 N–H and O–H groups in total. The summed E-state index contributed by atoms with van der Waals surface area (Å²) >= 11 is 0. The van der Waals surface area contributed by atoms with Crippen molar-refractivity contribution in [1.29, 1.82) is 0 Å². The second-order valence-electron chi connectivity index (χ2n) is 6.53. The van der Waals surface area contributed by atoms with Crippen molar-refractivity contribution < 1.29 is 19.1 Å². The molecule has 29 heavy (non-hydrogen) atoms. The molecule has 0 saturated heterocycles. The molecule has 1 amide bonds. The number of aromatic nitrogens is 4. The van der Waals surface area contributed by atoms with Crippen LogP contribution < -0.4 is 5.32 Å². The van der Waals surface area contributed by atoms with Crippen molar-refractivity contribution in [2.45, 2.75) is 13.8 Å². The van der Waals surface area contributed by atoms with E-state index in [4.69, 9.17) is 9.47 Å². The van der Waals surface area contributed by atoms with Crippen LogP contribution in [0.2, 0.25) is 0 Å². The lowest BCUT2D eigenvalue weighted by Gasteiger charge is -2.06. The van der Waals surface area contributed by atoms with E-state index in [1.165, 1.54) is 7.11 Å². The number of nitrogens with zero attached hydrogens (tertiary/aromatic N) is 3. The SMILES string of the molecule is COCCOC(=O)c1c(C)[nH]c(C(=O)Nc2ccc(-c3ncn(C)n3)cc2)c1C. The number of nitrogens with one attached hydrogen (secondary N) is 2. The van der Waals surface area contributed by atoms with Crippen LogP contribution >= 0.6 is 0 Å². The molecule has 0 radical (unpaired) electrons. The fourth-order valence-electron chi connectivity index (χ4n) is 2.94. The molecule has 1 aromatic carbocycles. The fraction of sp³-hybridized carbons (Fsp3) is 0.300. The first-order chi connectivity index (χ1) is 13.9. The third-order valence-electron chi connectivity index (χ3n) is 4.39. The topological polar surface area (TPSA) is 111 Å². The van der Waals surface area contributed by atoms with Gasteiger partial charge in [-0.1, -0.05) is 0 Å². The molecule has 3 rings (SSSR count). The third-order valence-corrected chi connectivity index (χ3v) is 4.39. The minimum Gasteiger partial charge on any atom is -0.460 e. The van der Waals surface area contributed by atoms with Crippen LogP contribution in [0.25, 0.3) is 11.4 Å². The zero-order valence-electron chi connectivity index (χ0n) is 16.8. The first-order valence-electron chi connectivity index (χ1n) is 9.03. The maximum atomic E-state index is 12.7. The Morgan fingerprint density at radius 1 is 1.17 bits per heavy atom. The highest BCUT2D eigenvalue weighted by molar-refractivity contribution is 6.06. The summed E-state index contributed by atoms with van der Waals surface area (Å²) in [5.74, 6) is -0.220. The summed E-state index contributed by atoms with van der Waals surface area (Å²) < 4.78 is 11.7. The van der Waals surface area contributed by atoms with Crippen LogP contribution in [0.15, 0.2) is 30.6 Å². The molecule has 0 aliphatic rings. The standard InChI is InChI=1S/C20H23N5O4/c1-12-16(20(27)29-10-9-28-4)13(2)22-17(12)19(26)23-15-7-5-14(6-8-15)18-21-11-25(3)24-18/h5-8,11,22H,9-10H2,1-4H3,(H,23,26). The molecule has 3 aromatic rings. The Labute approximate surface area is 168 Å². The summed E-state index contributed by atoms with van der Waals surface area (Å²) in [7, 11) is 3.33. The van der Waals surface area contributed by atoms with Gasteiger partial charge in [-0.25, -0.2) is 9.78 Å². The predicted octanol–water partition coefficient (Wildman–Crippen LogP) is 2.48. The van der Waals surface area contributed by atoms with Crippen molar-refractivity contribution in [1.82, 2.24) is 19.7 Å². The number of anilines is 1. The van der Waals surface area contributed by atoms with E-state index in [0.29, 0.717) is 40.6 Å². The van der Waals surface area contributed by atoms with Crippen molar-refractivity contribution >= 4 is 17.6 Å². The molecule has 2 heterocycles. The smallest absolute Gasteiger partial charge is 0.340 e. The molecule has 0 aliphatic carbocycles. The van der Waals surface area contributed by atoms with Gasteiger partial charge in [0.25, 0.3) is 5.91 Å². The zero-order valence-corrected chi connectivity index (χ0v) is 16.8. The Bertz CT molecular complexity index is 1020. The molecule has 0 unspecified atom stereocenters. The van der Waals surface area contributed by atoms with Crippen LogP contribution in [0.3, 0.4) is 0 Å². The number of hydrogen-bond donors (Lipinski definition) is 2. The highest BCUT2D eigenvalue weighted by Crippen LogP contribution is 2.22. The Morgan fingerprint density at radius 3 is 2.52 bits per heavy atom. The van der Waals surface area contributed by atoms with E-state index in [1.807, 2.05) is 12.1 Å². The highest BCUT2D eigenvalue weighted by Gasteiger charge is 2.23. The number of H-pyrrole nitrogens is 1. The lowest BCUT2D eigenvalue weighted by molar-refractivity contribution is 0.0387. The second kappa shape index (κ2) is 8.70. The van der Waals surface area contributed by atoms with E-state index < -0.39 is 5.97 Å². The minimum absolute atomic E-state index is 0.151. The number of esters is 1. The molecule has 0 fully saturated rings. The largest absolute Gasteiger partial charge is 0.460 e. The Kier molecular flexibility index (Phi) is 6.08. The average Bonchev–Trinajstić information content (AvgIpc) is 3.25. The molecule has 152 valence electrons. The van der Waals surface area contributed by atoms with Gasteiger partial charge in [0.05, 0.1) is 12.2 Å². The van der Waals surface area contributed by atoms with E-state index >= 15 is 0 Å². The number of aromatic amines is 1. The first-order valence-corrected chi connectivity index (χ1v) is 9.03. The summed E-state index contributed by atoms with van der Waals surface area (Å²) in [6, 6.07) is 7.20. The predicted molar refractivity (Wildman–Crippen MR) is 107 cm³/mol. The zero-order chi connectivity index (χ0) is 21.0. The van der Waals surface area contributed by atoms with Crippen LogP contribution in [0.4, 0.5) is 5.69 Å². The van der Waals surface area contributed by atoms with Crippen molar-refractivity contribution in [3.8, 4) is 11.4 Å². The summed E-state index contributed by atoms with van der Waals surface area (Å²) in [5, 5.41) is 7.07. The minimum atomic E-state index is -0.487. The normalized spacial score (nSPS) is 10.8. The number of ether oxygens (including phenoxy) is 2. The molecular formula is C20H23N5O4. The van der Waals surface area contributed by atoms with Crippen LogP contribution in [0.5, 0.6) is 0 Å². The quantitative estimate of drug-likeness (QED) is 0.468. The first kappa shape index (κ1) is 20.3. The van der Waals surface area contributed by atoms with Gasteiger partial charge in [-0.15, -0.1) is 0 Å². The number of rotatable bonds is 7. The van der Waals surface area contributed by atoms with E-state index in [0.717, 1.165) is 5.56 Å². The molecule has 9 heteroatoms. The monoisotopic (exact) mass is 397 g/mol. The number of carbonyl (C=O) groups is 2. The molecule has 0 bridgehead atoms. The van der Waals surface area contributed by atoms with Gasteiger partial charge in [0.2, 0.25) is 0 Å². The maximum Gasteiger partial charge on any atom is 0.340 e. The molecule has 0 saturated carbocycles. The maximum absolute atomic E-state index is 12.7. The highest BCUT2D eigenvalue weighted by atomic mass is 16.6. The van der Waals surface area contributed by atoms with Crippen molar-refractivity contribution in [3.05, 3.63) is 53.1 Å². The van der Waals surface area contributed by atoms with Gasteiger partial charge in [-0.3, -0.25) is 9.48 Å². The van der Waals surface area contributed by atoms with E-state index in [1.54, 1.807) is 44.0 Å². The molecule has 0 atom stereocenters. The molecule has 0 aliphatic heterocycles. The van der Waals surface area contributed by atoms with Crippen molar-refractivity contribution in [2.75, 3.05) is 25.6 Å². The summed E-state index contributed by atoms with van der Waals surface area (Å²) in [4.78, 5) is 32.2. The number of benzene rings is 1. The number of carbonyl (C=O) groups excluding carboxylic acids is 2. The lowest BCUT2D eigenvalue weighted by atomic mass is 10.1. The van der Waals surface area contributed by atoms with Crippen molar-refractivity contribution in [2.24, 2.45) is 7.05 Å². The van der Waals surface area contributed by atoms with E-state index in [9.17, 15) is 9.59 Å². The van der Waals surface area contributed by atoms with Gasteiger partial charge >= 0.3 is 5.97 Å². The Balaban J connectivity index is 1.72. The summed E-state index contributed by atoms with van der Waals surface area (Å²) in [6.07, 6.45) is 1.62. The van der Waals surface area contributed by atoms with Gasteiger partial charge in [-0.05, 0) is 43.7 Å². The van der Waals surface area contributed by atoms with E-state index in [2.05, 4.69) is 20.4 Å². The summed E-state index contributed by atoms with van der Waals surface area (Å²) in [6.45, 7) is 3.90. The number of aryl methyl sites for hydroxylation is 2. The fourth-order valence-corrected chi connectivity index (χ4v) is 2.94. The van der Waals surface area contributed by atoms with Gasteiger partial charge < -0.3 is 19.8 Å². The lowest BCUT2D eigenvalue weighted by Crippen LogP contribution is -2.14. The van der Waals surface area contributed by atoms with E-state index in [-0.39, 0.29) is 12.5 Å². The third kappa shape index (κ3) is 4.52. The Hall–Kier alpha value is -3.46. The van der Waals surface area contributed by atoms with Crippen LogP contribution in [0, 0.1) is 13.8 Å². The number of methoxy groups -OCH3 is 1. The van der Waals surface area contributed by atoms with Gasteiger partial charge in [0.15, 0.2) is 5.82 Å². The molecule has 9 nitrogen and oxygen atoms in total. The second-order valence-corrected chi connectivity index (χ2v) is 6.53. The van der Waals surface area contributed by atoms with Crippen LogP contribution in [0.1, 0.15) is 32.1 Å². The van der Waals surface area contributed by atoms with Gasteiger partial charge in [0.1, 0.15) is 18.6 Å². The number of amides is 1. The van der Waals surface area contributed by atoms with Crippen molar-refractivity contribution in [3.63, 3.8) is 0 Å². The Morgan fingerprint density at radius 2 is 1.90 bits per heavy atom. The summed E-state index contributed by atoms with van der Waals surface area (Å²) in [5.41, 5.74) is 3.25. The van der Waals surface area contributed by atoms with Gasteiger partial charge in [-0.2, -0.15) is 5.10 Å². The molecule has 0 spiro atoms. The molecule has 2 aromatic heterocycles.